The number of ether oxygens (including phenoxy) is 2. The summed E-state index contributed by atoms with van der Waals surface area (Å²) in [7, 11) is 1.62. The number of aromatic nitrogens is 2. The van der Waals surface area contributed by atoms with Crippen LogP contribution in [0, 0.1) is 0 Å². The molecule has 98 valence electrons. The van der Waals surface area contributed by atoms with Crippen LogP contribution in [0.25, 0.3) is 0 Å². The smallest absolute Gasteiger partial charge is 0.161 e. The summed E-state index contributed by atoms with van der Waals surface area (Å²) in [5.74, 6) is 6.34. The second-order valence-corrected chi connectivity index (χ2v) is 3.72. The van der Waals surface area contributed by atoms with E-state index in [1.54, 1.807) is 13.3 Å². The van der Waals surface area contributed by atoms with Crippen molar-refractivity contribution in [3.8, 4) is 5.75 Å². The summed E-state index contributed by atoms with van der Waals surface area (Å²) in [4.78, 5) is 0. The zero-order chi connectivity index (χ0) is 12.8. The largest absolute Gasteiger partial charge is 0.493 e. The fourth-order valence-electron chi connectivity index (χ4n) is 1.90. The Bertz CT molecular complexity index is 319. The van der Waals surface area contributed by atoms with Crippen molar-refractivity contribution in [1.29, 1.82) is 0 Å². The van der Waals surface area contributed by atoms with E-state index in [0.717, 1.165) is 18.0 Å². The molecule has 17 heavy (non-hydrogen) atoms. The number of hydrogen-bond donors (Lipinski definition) is 2. The Morgan fingerprint density at radius 2 is 2.24 bits per heavy atom. The van der Waals surface area contributed by atoms with Crippen molar-refractivity contribution in [2.45, 2.75) is 39.5 Å². The highest BCUT2D eigenvalue weighted by Crippen LogP contribution is 2.27. The molecule has 0 saturated carbocycles. The van der Waals surface area contributed by atoms with Gasteiger partial charge in [-0.25, -0.2) is 5.43 Å². The summed E-state index contributed by atoms with van der Waals surface area (Å²) in [5.41, 5.74) is 3.69. The minimum Gasteiger partial charge on any atom is -0.493 e. The molecule has 6 heteroatoms. The van der Waals surface area contributed by atoms with Crippen LogP contribution in [0.2, 0.25) is 0 Å². The summed E-state index contributed by atoms with van der Waals surface area (Å²) in [6, 6.07) is -0.146. The van der Waals surface area contributed by atoms with Gasteiger partial charge in [0, 0.05) is 13.2 Å². The quantitative estimate of drug-likeness (QED) is 0.547. The van der Waals surface area contributed by atoms with Gasteiger partial charge in [0.2, 0.25) is 0 Å². The Hall–Kier alpha value is -1.11. The lowest BCUT2D eigenvalue weighted by Crippen LogP contribution is -2.38. The lowest BCUT2D eigenvalue weighted by atomic mass is 10.1. The molecule has 3 N–H and O–H groups in total. The molecule has 1 aromatic rings. The van der Waals surface area contributed by atoms with Crippen molar-refractivity contribution >= 4 is 0 Å². The van der Waals surface area contributed by atoms with Crippen molar-refractivity contribution in [3.05, 3.63) is 11.9 Å². The number of nitrogens with zero attached hydrogens (tertiary/aromatic N) is 2. The Morgan fingerprint density at radius 1 is 1.53 bits per heavy atom. The van der Waals surface area contributed by atoms with Crippen molar-refractivity contribution in [3.63, 3.8) is 0 Å². The highest BCUT2D eigenvalue weighted by atomic mass is 16.5. The van der Waals surface area contributed by atoms with E-state index in [4.69, 9.17) is 15.3 Å². The van der Waals surface area contributed by atoms with Crippen LogP contribution in [-0.4, -0.2) is 29.6 Å². The van der Waals surface area contributed by atoms with Gasteiger partial charge in [0.15, 0.2) is 5.75 Å². The summed E-state index contributed by atoms with van der Waals surface area (Å²) < 4.78 is 12.7. The fourth-order valence-corrected chi connectivity index (χ4v) is 1.90. The van der Waals surface area contributed by atoms with Crippen LogP contribution in [0.5, 0.6) is 5.75 Å². The molecule has 1 aromatic heterocycles. The Kier molecular flexibility index (Phi) is 5.40. The first kappa shape index (κ1) is 14.0. The third kappa shape index (κ3) is 2.96. The maximum Gasteiger partial charge on any atom is 0.161 e. The minimum absolute atomic E-state index is 0.0547. The number of aryl methyl sites for hydroxylation is 1. The molecule has 0 aliphatic heterocycles. The SMILES string of the molecule is CCOC(C)C(NN)c1c(OC)cnn1CC. The van der Waals surface area contributed by atoms with Gasteiger partial charge in [-0.05, 0) is 20.8 Å². The predicted molar refractivity (Wildman–Crippen MR) is 65.6 cm³/mol. The van der Waals surface area contributed by atoms with E-state index in [1.807, 2.05) is 25.5 Å². The molecule has 0 amide bonds. The van der Waals surface area contributed by atoms with Crippen LogP contribution in [0.1, 0.15) is 32.5 Å². The van der Waals surface area contributed by atoms with E-state index in [1.165, 1.54) is 0 Å². The Labute approximate surface area is 102 Å². The van der Waals surface area contributed by atoms with E-state index in [2.05, 4.69) is 10.5 Å². The third-order valence-electron chi connectivity index (χ3n) is 2.74. The molecule has 0 aromatic carbocycles. The molecule has 0 radical (unpaired) electrons. The highest BCUT2D eigenvalue weighted by Gasteiger charge is 2.26. The number of nitrogens with one attached hydrogen (secondary N) is 1. The average molecular weight is 242 g/mol. The zero-order valence-corrected chi connectivity index (χ0v) is 10.9. The van der Waals surface area contributed by atoms with E-state index < -0.39 is 0 Å². The van der Waals surface area contributed by atoms with Gasteiger partial charge in [-0.1, -0.05) is 0 Å². The van der Waals surface area contributed by atoms with Crippen LogP contribution in [0.4, 0.5) is 0 Å². The molecule has 0 aliphatic rings. The number of rotatable bonds is 7. The second kappa shape index (κ2) is 6.58. The summed E-state index contributed by atoms with van der Waals surface area (Å²) in [6.07, 6.45) is 1.64. The summed E-state index contributed by atoms with van der Waals surface area (Å²) in [6.45, 7) is 7.35. The van der Waals surface area contributed by atoms with Gasteiger partial charge in [-0.3, -0.25) is 10.5 Å². The van der Waals surface area contributed by atoms with E-state index in [0.29, 0.717) is 6.61 Å². The molecule has 0 aliphatic carbocycles. The molecule has 0 bridgehead atoms. The van der Waals surface area contributed by atoms with Gasteiger partial charge in [0.05, 0.1) is 25.5 Å². The van der Waals surface area contributed by atoms with Gasteiger partial charge in [0.25, 0.3) is 0 Å². The molecular weight excluding hydrogens is 220 g/mol. The standard InChI is InChI=1S/C11H22N4O2/c1-5-15-11(9(16-4)7-13-15)10(14-12)8(3)17-6-2/h7-8,10,14H,5-6,12H2,1-4H3. The van der Waals surface area contributed by atoms with E-state index >= 15 is 0 Å². The van der Waals surface area contributed by atoms with Gasteiger partial charge in [0.1, 0.15) is 5.69 Å². The number of methoxy groups -OCH3 is 1. The number of nitrogens with two attached hydrogens (primary N) is 1. The molecule has 2 unspecified atom stereocenters. The maximum absolute atomic E-state index is 5.62. The molecule has 6 nitrogen and oxygen atoms in total. The lowest BCUT2D eigenvalue weighted by Gasteiger charge is -2.24. The van der Waals surface area contributed by atoms with Crippen molar-refractivity contribution in [2.24, 2.45) is 5.84 Å². The van der Waals surface area contributed by atoms with Crippen LogP contribution < -0.4 is 16.0 Å². The molecule has 2 atom stereocenters. The summed E-state index contributed by atoms with van der Waals surface area (Å²) >= 11 is 0. The molecule has 0 spiro atoms. The minimum atomic E-state index is -0.146. The number of hydrazine groups is 1. The molecule has 1 rings (SSSR count). The fraction of sp³-hybridized carbons (Fsp3) is 0.727. The first-order valence-corrected chi connectivity index (χ1v) is 5.86. The van der Waals surface area contributed by atoms with Crippen molar-refractivity contribution in [2.75, 3.05) is 13.7 Å². The summed E-state index contributed by atoms with van der Waals surface area (Å²) in [5, 5.41) is 4.26. The molecular formula is C11H22N4O2. The van der Waals surface area contributed by atoms with Gasteiger partial charge in [-0.15, -0.1) is 0 Å². The van der Waals surface area contributed by atoms with E-state index in [-0.39, 0.29) is 12.1 Å². The first-order chi connectivity index (χ1) is 8.19. The highest BCUT2D eigenvalue weighted by molar-refractivity contribution is 5.29. The number of hydrogen-bond acceptors (Lipinski definition) is 5. The van der Waals surface area contributed by atoms with Gasteiger partial charge in [-0.2, -0.15) is 5.10 Å². The predicted octanol–water partition coefficient (Wildman–Crippen LogP) is 0.841. The molecule has 0 fully saturated rings. The van der Waals surface area contributed by atoms with Crippen LogP contribution >= 0.6 is 0 Å². The molecule has 1 heterocycles. The van der Waals surface area contributed by atoms with Crippen molar-refractivity contribution < 1.29 is 9.47 Å². The first-order valence-electron chi connectivity index (χ1n) is 5.86. The monoisotopic (exact) mass is 242 g/mol. The third-order valence-corrected chi connectivity index (χ3v) is 2.74. The van der Waals surface area contributed by atoms with E-state index in [9.17, 15) is 0 Å². The van der Waals surface area contributed by atoms with Gasteiger partial charge >= 0.3 is 0 Å². The Morgan fingerprint density at radius 3 is 2.71 bits per heavy atom. The zero-order valence-electron chi connectivity index (χ0n) is 10.9. The molecule has 0 saturated heterocycles. The average Bonchev–Trinajstić information content (AvgIpc) is 2.73. The van der Waals surface area contributed by atoms with Crippen LogP contribution in [0.15, 0.2) is 6.20 Å². The topological polar surface area (TPSA) is 74.3 Å². The van der Waals surface area contributed by atoms with Crippen LogP contribution in [0.3, 0.4) is 0 Å². The van der Waals surface area contributed by atoms with Gasteiger partial charge < -0.3 is 9.47 Å². The van der Waals surface area contributed by atoms with Crippen LogP contribution in [-0.2, 0) is 11.3 Å². The Balaban J connectivity index is 3.04. The van der Waals surface area contributed by atoms with Crippen molar-refractivity contribution in [1.82, 2.24) is 15.2 Å². The maximum atomic E-state index is 5.62. The lowest BCUT2D eigenvalue weighted by molar-refractivity contribution is 0.0442. The second-order valence-electron chi connectivity index (χ2n) is 3.72. The normalized spacial score (nSPS) is 14.6.